The van der Waals surface area contributed by atoms with Crippen LogP contribution in [0, 0.1) is 6.92 Å². The summed E-state index contributed by atoms with van der Waals surface area (Å²) in [4.78, 5) is 1.08. The summed E-state index contributed by atoms with van der Waals surface area (Å²) in [6, 6.07) is 16.3. The molecule has 0 radical (unpaired) electrons. The van der Waals surface area contributed by atoms with E-state index < -0.39 is 0 Å². The molecule has 3 heteroatoms. The van der Waals surface area contributed by atoms with Crippen molar-refractivity contribution in [1.82, 2.24) is 0 Å². The lowest BCUT2D eigenvalue weighted by atomic mass is 10.1. The fraction of sp³-hybridized carbons (Fsp3) is 0.200. The van der Waals surface area contributed by atoms with E-state index in [9.17, 15) is 0 Å². The highest BCUT2D eigenvalue weighted by molar-refractivity contribution is 7.99. The zero-order chi connectivity index (χ0) is 13.0. The van der Waals surface area contributed by atoms with Crippen molar-refractivity contribution in [1.29, 1.82) is 0 Å². The first-order valence-corrected chi connectivity index (χ1v) is 7.22. The average molecular weight is 278 g/mol. The summed E-state index contributed by atoms with van der Waals surface area (Å²) < 4.78 is 0. The number of benzene rings is 2. The van der Waals surface area contributed by atoms with Crippen LogP contribution in [-0.4, -0.2) is 5.75 Å². The summed E-state index contributed by atoms with van der Waals surface area (Å²) in [6.45, 7) is 2.08. The molecule has 0 amide bonds. The Morgan fingerprint density at radius 3 is 2.44 bits per heavy atom. The van der Waals surface area contributed by atoms with Gasteiger partial charge in [0.25, 0.3) is 0 Å². The molecule has 0 aliphatic rings. The second-order valence-electron chi connectivity index (χ2n) is 4.26. The topological polar surface area (TPSA) is 26.0 Å². The Bertz CT molecular complexity index is 510. The maximum atomic E-state index is 6.18. The molecule has 0 fully saturated rings. The summed E-state index contributed by atoms with van der Waals surface area (Å²) >= 11 is 7.81. The minimum Gasteiger partial charge on any atom is -0.323 e. The van der Waals surface area contributed by atoms with Gasteiger partial charge in [-0.25, -0.2) is 0 Å². The number of aryl methyl sites for hydroxylation is 1. The molecule has 0 aliphatic carbocycles. The van der Waals surface area contributed by atoms with Crippen molar-refractivity contribution in [3.05, 3.63) is 64.7 Å². The van der Waals surface area contributed by atoms with Crippen LogP contribution in [0.5, 0.6) is 0 Å². The van der Waals surface area contributed by atoms with Crippen molar-refractivity contribution in [2.75, 3.05) is 5.75 Å². The largest absolute Gasteiger partial charge is 0.323 e. The molecule has 94 valence electrons. The fourth-order valence-corrected chi connectivity index (χ4v) is 2.88. The monoisotopic (exact) mass is 277 g/mol. The van der Waals surface area contributed by atoms with Crippen molar-refractivity contribution in [3.8, 4) is 0 Å². The third-order valence-corrected chi connectivity index (χ3v) is 4.39. The minimum atomic E-state index is 0.0341. The van der Waals surface area contributed by atoms with E-state index in [4.69, 9.17) is 17.3 Å². The van der Waals surface area contributed by atoms with E-state index in [1.807, 2.05) is 24.3 Å². The molecule has 2 aromatic carbocycles. The van der Waals surface area contributed by atoms with Crippen LogP contribution in [0.25, 0.3) is 0 Å². The Hall–Kier alpha value is -0.960. The minimum absolute atomic E-state index is 0.0341. The van der Waals surface area contributed by atoms with Gasteiger partial charge in [-0.3, -0.25) is 0 Å². The Balaban J connectivity index is 1.98. The molecule has 1 unspecified atom stereocenters. The lowest BCUT2D eigenvalue weighted by molar-refractivity contribution is 0.831. The normalized spacial score (nSPS) is 12.4. The van der Waals surface area contributed by atoms with Crippen LogP contribution in [0.15, 0.2) is 53.4 Å². The van der Waals surface area contributed by atoms with E-state index in [1.54, 1.807) is 11.8 Å². The van der Waals surface area contributed by atoms with Gasteiger partial charge in [0.05, 0.1) is 5.02 Å². The zero-order valence-electron chi connectivity index (χ0n) is 10.3. The first-order chi connectivity index (χ1) is 8.66. The number of hydrogen-bond acceptors (Lipinski definition) is 2. The van der Waals surface area contributed by atoms with E-state index in [0.717, 1.165) is 15.7 Å². The molecule has 0 saturated carbocycles. The van der Waals surface area contributed by atoms with Gasteiger partial charge >= 0.3 is 0 Å². The third-order valence-electron chi connectivity index (χ3n) is 2.76. The molecule has 0 aromatic heterocycles. The highest BCUT2D eigenvalue weighted by atomic mass is 35.5. The van der Waals surface area contributed by atoms with Gasteiger partial charge in [0.15, 0.2) is 0 Å². The van der Waals surface area contributed by atoms with Crippen LogP contribution in [0.2, 0.25) is 5.02 Å². The van der Waals surface area contributed by atoms with E-state index in [1.165, 1.54) is 11.1 Å². The van der Waals surface area contributed by atoms with Gasteiger partial charge in [-0.2, -0.15) is 0 Å². The first-order valence-electron chi connectivity index (χ1n) is 5.86. The second kappa shape index (κ2) is 6.28. The molecular weight excluding hydrogens is 262 g/mol. The molecule has 18 heavy (non-hydrogen) atoms. The molecule has 1 atom stereocenters. The lowest BCUT2D eigenvalue weighted by Gasteiger charge is -2.12. The molecule has 0 aliphatic heterocycles. The highest BCUT2D eigenvalue weighted by Gasteiger charge is 2.07. The predicted octanol–water partition coefficient (Wildman–Crippen LogP) is 4.44. The van der Waals surface area contributed by atoms with Gasteiger partial charge in [0.1, 0.15) is 0 Å². The predicted molar refractivity (Wildman–Crippen MR) is 80.3 cm³/mol. The Morgan fingerprint density at radius 1 is 1.11 bits per heavy atom. The lowest BCUT2D eigenvalue weighted by Crippen LogP contribution is -2.12. The Morgan fingerprint density at radius 2 is 1.78 bits per heavy atom. The highest BCUT2D eigenvalue weighted by Crippen LogP contribution is 2.29. The fourth-order valence-electron chi connectivity index (χ4n) is 1.65. The first kappa shape index (κ1) is 13.5. The van der Waals surface area contributed by atoms with Gasteiger partial charge in [-0.05, 0) is 24.6 Å². The van der Waals surface area contributed by atoms with Gasteiger partial charge in [0, 0.05) is 16.7 Å². The summed E-state index contributed by atoms with van der Waals surface area (Å²) in [5.41, 5.74) is 8.60. The van der Waals surface area contributed by atoms with Crippen LogP contribution in [0.1, 0.15) is 17.2 Å². The van der Waals surface area contributed by atoms with Gasteiger partial charge in [0.2, 0.25) is 0 Å². The van der Waals surface area contributed by atoms with Gasteiger partial charge in [-0.1, -0.05) is 53.6 Å². The number of halogens is 1. The number of hydrogen-bond donors (Lipinski definition) is 1. The third kappa shape index (κ3) is 3.52. The summed E-state index contributed by atoms with van der Waals surface area (Å²) in [6.07, 6.45) is 0. The molecule has 2 N–H and O–H groups in total. The van der Waals surface area contributed by atoms with Crippen LogP contribution in [0.3, 0.4) is 0 Å². The van der Waals surface area contributed by atoms with Gasteiger partial charge in [-0.15, -0.1) is 11.8 Å². The molecule has 0 spiro atoms. The van der Waals surface area contributed by atoms with E-state index in [0.29, 0.717) is 0 Å². The van der Waals surface area contributed by atoms with E-state index in [2.05, 4.69) is 31.2 Å². The number of rotatable bonds is 4. The standard InChI is InChI=1S/C15H16ClNS/c1-11-6-8-12(9-7-11)14(17)10-18-15-5-3-2-4-13(15)16/h2-9,14H,10,17H2,1H3. The molecule has 1 nitrogen and oxygen atoms in total. The molecule has 2 rings (SSSR count). The van der Waals surface area contributed by atoms with Crippen LogP contribution in [-0.2, 0) is 0 Å². The quantitative estimate of drug-likeness (QED) is 0.836. The summed E-state index contributed by atoms with van der Waals surface area (Å²) in [5, 5.41) is 0.790. The summed E-state index contributed by atoms with van der Waals surface area (Å²) in [7, 11) is 0. The maximum Gasteiger partial charge on any atom is 0.0541 e. The summed E-state index contributed by atoms with van der Waals surface area (Å²) in [5.74, 6) is 0.826. The molecule has 0 saturated heterocycles. The second-order valence-corrected chi connectivity index (χ2v) is 5.73. The molecule has 0 heterocycles. The Labute approximate surface area is 117 Å². The number of thioether (sulfide) groups is 1. The SMILES string of the molecule is Cc1ccc(C(N)CSc2ccccc2Cl)cc1. The molecule has 0 bridgehead atoms. The average Bonchev–Trinajstić information content (AvgIpc) is 2.38. The molecule has 2 aromatic rings. The zero-order valence-corrected chi connectivity index (χ0v) is 11.8. The number of nitrogens with two attached hydrogens (primary N) is 1. The van der Waals surface area contributed by atoms with E-state index in [-0.39, 0.29) is 6.04 Å². The van der Waals surface area contributed by atoms with Crippen molar-refractivity contribution in [2.45, 2.75) is 17.9 Å². The van der Waals surface area contributed by atoms with Crippen molar-refractivity contribution >= 4 is 23.4 Å². The van der Waals surface area contributed by atoms with Gasteiger partial charge < -0.3 is 5.73 Å². The van der Waals surface area contributed by atoms with Crippen LogP contribution < -0.4 is 5.73 Å². The van der Waals surface area contributed by atoms with Crippen molar-refractivity contribution < 1.29 is 0 Å². The van der Waals surface area contributed by atoms with Crippen LogP contribution >= 0.6 is 23.4 Å². The van der Waals surface area contributed by atoms with Crippen molar-refractivity contribution in [2.24, 2.45) is 5.73 Å². The maximum absolute atomic E-state index is 6.18. The smallest absolute Gasteiger partial charge is 0.0541 e. The molecular formula is C15H16ClNS. The van der Waals surface area contributed by atoms with E-state index >= 15 is 0 Å². The van der Waals surface area contributed by atoms with Crippen molar-refractivity contribution in [3.63, 3.8) is 0 Å². The van der Waals surface area contributed by atoms with Crippen LogP contribution in [0.4, 0.5) is 0 Å². The Kier molecular flexibility index (Phi) is 4.70.